The number of carbonyl (C=O) groups excluding carboxylic acids is 1. The van der Waals surface area contributed by atoms with E-state index in [1.165, 1.54) is 16.5 Å². The third kappa shape index (κ3) is 3.81. The molecule has 0 fully saturated rings. The molecular weight excluding hydrogens is 284 g/mol. The Morgan fingerprint density at radius 3 is 2.87 bits per heavy atom. The summed E-state index contributed by atoms with van der Waals surface area (Å²) in [7, 11) is 0. The molecule has 2 N–H and O–H groups in total. The third-order valence-electron chi connectivity index (χ3n) is 4.14. The standard InChI is InChI=1S/C20H22N2O/c1-2-15-7-5-9-17(13-15)22-20(23)12-6-8-16-14-21-19-11-4-3-10-18(16)19/h3-5,7,9-11,13-14,21H,2,6,8,12H2,1H3,(H,22,23). The molecule has 0 aliphatic heterocycles. The van der Waals surface area contributed by atoms with Crippen LogP contribution in [0.4, 0.5) is 5.69 Å². The first-order valence-corrected chi connectivity index (χ1v) is 8.20. The number of benzene rings is 2. The first-order chi connectivity index (χ1) is 11.3. The maximum atomic E-state index is 12.1. The highest BCUT2D eigenvalue weighted by atomic mass is 16.1. The Morgan fingerprint density at radius 1 is 1.13 bits per heavy atom. The molecule has 3 nitrogen and oxygen atoms in total. The Kier molecular flexibility index (Phi) is 4.77. The van der Waals surface area contributed by atoms with Crippen LogP contribution >= 0.6 is 0 Å². The molecule has 2 aromatic carbocycles. The molecule has 1 aromatic heterocycles. The fraction of sp³-hybridized carbons (Fsp3) is 0.250. The van der Waals surface area contributed by atoms with Gasteiger partial charge in [-0.15, -0.1) is 0 Å². The van der Waals surface area contributed by atoms with Crippen molar-refractivity contribution in [1.82, 2.24) is 4.98 Å². The van der Waals surface area contributed by atoms with Crippen LogP contribution in [0.15, 0.2) is 54.7 Å². The maximum Gasteiger partial charge on any atom is 0.224 e. The van der Waals surface area contributed by atoms with Crippen molar-refractivity contribution < 1.29 is 4.79 Å². The van der Waals surface area contributed by atoms with Crippen molar-refractivity contribution in [3.8, 4) is 0 Å². The molecule has 0 aliphatic carbocycles. The molecule has 0 radical (unpaired) electrons. The molecule has 0 unspecified atom stereocenters. The second-order valence-corrected chi connectivity index (χ2v) is 5.82. The lowest BCUT2D eigenvalue weighted by Gasteiger charge is -2.06. The van der Waals surface area contributed by atoms with E-state index in [1.54, 1.807) is 0 Å². The van der Waals surface area contributed by atoms with Crippen molar-refractivity contribution in [3.63, 3.8) is 0 Å². The molecule has 1 heterocycles. The molecule has 3 rings (SSSR count). The topological polar surface area (TPSA) is 44.9 Å². The summed E-state index contributed by atoms with van der Waals surface area (Å²) in [4.78, 5) is 15.4. The second-order valence-electron chi connectivity index (χ2n) is 5.82. The lowest BCUT2D eigenvalue weighted by molar-refractivity contribution is -0.116. The molecule has 118 valence electrons. The first kappa shape index (κ1) is 15.3. The van der Waals surface area contributed by atoms with E-state index < -0.39 is 0 Å². The van der Waals surface area contributed by atoms with Gasteiger partial charge in [-0.3, -0.25) is 4.79 Å². The summed E-state index contributed by atoms with van der Waals surface area (Å²) in [5.41, 5.74) is 4.56. The van der Waals surface area contributed by atoms with Gasteiger partial charge in [0.15, 0.2) is 0 Å². The van der Waals surface area contributed by atoms with Crippen molar-refractivity contribution >= 4 is 22.5 Å². The number of aromatic amines is 1. The minimum absolute atomic E-state index is 0.0816. The van der Waals surface area contributed by atoms with Gasteiger partial charge in [0.2, 0.25) is 5.91 Å². The van der Waals surface area contributed by atoms with Gasteiger partial charge in [-0.1, -0.05) is 37.3 Å². The lowest BCUT2D eigenvalue weighted by Crippen LogP contribution is -2.11. The molecule has 23 heavy (non-hydrogen) atoms. The lowest BCUT2D eigenvalue weighted by atomic mass is 10.1. The zero-order valence-electron chi connectivity index (χ0n) is 13.4. The van der Waals surface area contributed by atoms with E-state index in [9.17, 15) is 4.79 Å². The number of anilines is 1. The van der Waals surface area contributed by atoms with Crippen LogP contribution in [0.25, 0.3) is 10.9 Å². The molecule has 1 amide bonds. The van der Waals surface area contributed by atoms with Crippen LogP contribution in [0.1, 0.15) is 30.9 Å². The number of carbonyl (C=O) groups is 1. The van der Waals surface area contributed by atoms with Crippen LogP contribution < -0.4 is 5.32 Å². The van der Waals surface area contributed by atoms with Gasteiger partial charge in [-0.05, 0) is 48.6 Å². The highest BCUT2D eigenvalue weighted by Crippen LogP contribution is 2.19. The van der Waals surface area contributed by atoms with E-state index in [0.29, 0.717) is 6.42 Å². The zero-order chi connectivity index (χ0) is 16.1. The van der Waals surface area contributed by atoms with E-state index in [-0.39, 0.29) is 5.91 Å². The number of rotatable bonds is 6. The quantitative estimate of drug-likeness (QED) is 0.681. The number of amides is 1. The van der Waals surface area contributed by atoms with E-state index in [2.05, 4.69) is 35.4 Å². The molecule has 0 saturated heterocycles. The number of para-hydroxylation sites is 1. The highest BCUT2D eigenvalue weighted by molar-refractivity contribution is 5.90. The SMILES string of the molecule is CCc1cccc(NC(=O)CCCc2c[nH]c3ccccc23)c1. The average Bonchev–Trinajstić information content (AvgIpc) is 2.98. The van der Waals surface area contributed by atoms with Crippen molar-refractivity contribution in [2.75, 3.05) is 5.32 Å². The van der Waals surface area contributed by atoms with Crippen molar-refractivity contribution in [2.45, 2.75) is 32.6 Å². The zero-order valence-corrected chi connectivity index (χ0v) is 13.4. The largest absolute Gasteiger partial charge is 0.361 e. The van der Waals surface area contributed by atoms with Gasteiger partial charge in [0.25, 0.3) is 0 Å². The first-order valence-electron chi connectivity index (χ1n) is 8.20. The summed E-state index contributed by atoms with van der Waals surface area (Å²) in [6, 6.07) is 16.3. The van der Waals surface area contributed by atoms with Gasteiger partial charge >= 0.3 is 0 Å². The summed E-state index contributed by atoms with van der Waals surface area (Å²) >= 11 is 0. The van der Waals surface area contributed by atoms with E-state index in [4.69, 9.17) is 0 Å². The Hall–Kier alpha value is -2.55. The normalized spacial score (nSPS) is 10.8. The van der Waals surface area contributed by atoms with E-state index >= 15 is 0 Å². The molecule has 0 atom stereocenters. The minimum atomic E-state index is 0.0816. The third-order valence-corrected chi connectivity index (χ3v) is 4.14. The van der Waals surface area contributed by atoms with Crippen LogP contribution in [0.3, 0.4) is 0 Å². The Morgan fingerprint density at radius 2 is 2.00 bits per heavy atom. The summed E-state index contributed by atoms with van der Waals surface area (Å²) in [6.45, 7) is 2.11. The van der Waals surface area contributed by atoms with Crippen LogP contribution in [-0.2, 0) is 17.6 Å². The Balaban J connectivity index is 1.53. The van der Waals surface area contributed by atoms with Crippen LogP contribution in [-0.4, -0.2) is 10.9 Å². The number of hydrogen-bond acceptors (Lipinski definition) is 1. The van der Waals surface area contributed by atoms with Gasteiger partial charge in [0.05, 0.1) is 0 Å². The highest BCUT2D eigenvalue weighted by Gasteiger charge is 2.06. The molecule has 0 aliphatic rings. The maximum absolute atomic E-state index is 12.1. The average molecular weight is 306 g/mol. The van der Waals surface area contributed by atoms with Gasteiger partial charge in [-0.25, -0.2) is 0 Å². The van der Waals surface area contributed by atoms with E-state index in [0.717, 1.165) is 30.5 Å². The van der Waals surface area contributed by atoms with Crippen LogP contribution in [0.5, 0.6) is 0 Å². The number of hydrogen-bond donors (Lipinski definition) is 2. The monoisotopic (exact) mass is 306 g/mol. The van der Waals surface area contributed by atoms with Gasteiger partial charge in [-0.2, -0.15) is 0 Å². The summed E-state index contributed by atoms with van der Waals surface area (Å²) < 4.78 is 0. The molecule has 3 aromatic rings. The second kappa shape index (κ2) is 7.14. The van der Waals surface area contributed by atoms with Crippen LogP contribution in [0.2, 0.25) is 0 Å². The number of aryl methyl sites for hydroxylation is 2. The smallest absolute Gasteiger partial charge is 0.224 e. The predicted molar refractivity (Wildman–Crippen MR) is 95.7 cm³/mol. The number of H-pyrrole nitrogens is 1. The minimum Gasteiger partial charge on any atom is -0.361 e. The fourth-order valence-electron chi connectivity index (χ4n) is 2.87. The van der Waals surface area contributed by atoms with Gasteiger partial charge in [0.1, 0.15) is 0 Å². The summed E-state index contributed by atoms with van der Waals surface area (Å²) in [6.07, 6.45) is 5.32. The Labute approximate surface area is 136 Å². The molecule has 0 saturated carbocycles. The Bertz CT molecular complexity index is 804. The summed E-state index contributed by atoms with van der Waals surface area (Å²) in [5, 5.41) is 4.24. The van der Waals surface area contributed by atoms with Gasteiger partial charge < -0.3 is 10.3 Å². The molecule has 0 bridgehead atoms. The van der Waals surface area contributed by atoms with Crippen molar-refractivity contribution in [1.29, 1.82) is 0 Å². The van der Waals surface area contributed by atoms with E-state index in [1.807, 2.05) is 36.5 Å². The predicted octanol–water partition coefficient (Wildman–Crippen LogP) is 4.69. The number of fused-ring (bicyclic) bond motifs is 1. The van der Waals surface area contributed by atoms with Crippen LogP contribution in [0, 0.1) is 0 Å². The van der Waals surface area contributed by atoms with Crippen molar-refractivity contribution in [3.05, 3.63) is 65.9 Å². The molecule has 0 spiro atoms. The number of aromatic nitrogens is 1. The fourth-order valence-corrected chi connectivity index (χ4v) is 2.87. The summed E-state index contributed by atoms with van der Waals surface area (Å²) in [5.74, 6) is 0.0816. The van der Waals surface area contributed by atoms with Gasteiger partial charge in [0, 0.05) is 29.2 Å². The molecule has 3 heteroatoms. The number of nitrogens with one attached hydrogen (secondary N) is 2. The molecular formula is C20H22N2O. The van der Waals surface area contributed by atoms with Crippen molar-refractivity contribution in [2.24, 2.45) is 0 Å².